The van der Waals surface area contributed by atoms with Crippen LogP contribution in [-0.2, 0) is 4.79 Å². The van der Waals surface area contributed by atoms with Crippen molar-refractivity contribution in [2.45, 2.75) is 17.2 Å². The lowest BCUT2D eigenvalue weighted by atomic mass is 10.00. The Morgan fingerprint density at radius 1 is 1.23 bits per heavy atom. The first-order chi connectivity index (χ1) is 14.6. The van der Waals surface area contributed by atoms with Crippen LogP contribution in [0.2, 0.25) is 5.02 Å². The maximum atomic E-state index is 14.5. The molecule has 2 aromatic rings. The number of ether oxygens (including phenoxy) is 1. The molecule has 5 nitrogen and oxygen atoms in total. The zero-order valence-corrected chi connectivity index (χ0v) is 18.8. The van der Waals surface area contributed by atoms with Crippen LogP contribution in [0.5, 0.6) is 5.75 Å². The first kappa shape index (κ1) is 23.6. The van der Waals surface area contributed by atoms with Crippen LogP contribution in [0.15, 0.2) is 30.3 Å². The second kappa shape index (κ2) is 8.81. The topological polar surface area (TPSA) is 67.4 Å². The number of carbonyl (C=O) groups is 2. The van der Waals surface area contributed by atoms with Gasteiger partial charge in [-0.2, -0.15) is 0 Å². The number of methoxy groups -OCH3 is 1. The summed E-state index contributed by atoms with van der Waals surface area (Å²) in [6, 6.07) is 6.53. The Bertz CT molecular complexity index is 1040. The fourth-order valence-corrected chi connectivity index (χ4v) is 4.82. The van der Waals surface area contributed by atoms with Gasteiger partial charge in [-0.25, -0.2) is 8.78 Å². The van der Waals surface area contributed by atoms with Crippen LogP contribution in [0.4, 0.5) is 14.5 Å². The molecule has 0 spiro atoms. The summed E-state index contributed by atoms with van der Waals surface area (Å²) in [6.45, 7) is 2.01. The summed E-state index contributed by atoms with van der Waals surface area (Å²) < 4.78 is 31.5. The van der Waals surface area contributed by atoms with Crippen molar-refractivity contribution in [3.05, 3.63) is 58.1 Å². The lowest BCUT2D eigenvalue weighted by Crippen LogP contribution is -2.25. The van der Waals surface area contributed by atoms with E-state index in [1.165, 1.54) is 31.4 Å². The van der Waals surface area contributed by atoms with Crippen molar-refractivity contribution in [3.63, 3.8) is 0 Å². The molecule has 2 atom stereocenters. The van der Waals surface area contributed by atoms with Crippen LogP contribution >= 0.6 is 34.8 Å². The summed E-state index contributed by atoms with van der Waals surface area (Å²) in [7, 11) is 1.26. The van der Waals surface area contributed by atoms with Crippen molar-refractivity contribution in [1.82, 2.24) is 5.32 Å². The number of alkyl halides is 2. The van der Waals surface area contributed by atoms with Crippen LogP contribution in [0.1, 0.15) is 28.8 Å². The molecule has 0 bridgehead atoms. The van der Waals surface area contributed by atoms with Crippen molar-refractivity contribution in [1.29, 1.82) is 0 Å². The molecule has 3 rings (SSSR count). The highest BCUT2D eigenvalue weighted by atomic mass is 35.5. The summed E-state index contributed by atoms with van der Waals surface area (Å²) in [6.07, 6.45) is 0.618. The van der Waals surface area contributed by atoms with E-state index in [0.717, 1.165) is 6.07 Å². The predicted molar refractivity (Wildman–Crippen MR) is 117 cm³/mol. The van der Waals surface area contributed by atoms with Crippen LogP contribution < -0.4 is 15.4 Å². The largest absolute Gasteiger partial charge is 0.493 e. The number of amides is 1. The smallest absolute Gasteiger partial charge is 0.255 e. The molecule has 0 heterocycles. The summed E-state index contributed by atoms with van der Waals surface area (Å²) in [4.78, 5) is 24.3. The fourth-order valence-electron chi connectivity index (χ4n) is 3.66. The molecule has 1 aliphatic carbocycles. The van der Waals surface area contributed by atoms with Gasteiger partial charge in [0.25, 0.3) is 5.91 Å². The van der Waals surface area contributed by atoms with Crippen LogP contribution in [0.3, 0.4) is 0 Å². The molecular weight excluding hydrogens is 473 g/mol. The van der Waals surface area contributed by atoms with E-state index in [0.29, 0.717) is 18.4 Å². The highest BCUT2D eigenvalue weighted by molar-refractivity contribution is 6.54. The Kier molecular flexibility index (Phi) is 6.69. The van der Waals surface area contributed by atoms with Crippen molar-refractivity contribution in [2.24, 2.45) is 5.41 Å². The minimum Gasteiger partial charge on any atom is -0.493 e. The number of benzene rings is 2. The van der Waals surface area contributed by atoms with E-state index in [1.807, 2.05) is 0 Å². The highest BCUT2D eigenvalue weighted by Crippen LogP contribution is 2.73. The molecule has 1 saturated carbocycles. The first-order valence-corrected chi connectivity index (χ1v) is 10.4. The monoisotopic (exact) mass is 490 g/mol. The van der Waals surface area contributed by atoms with Crippen molar-refractivity contribution >= 4 is 52.7 Å². The van der Waals surface area contributed by atoms with Gasteiger partial charge in [-0.05, 0) is 30.7 Å². The van der Waals surface area contributed by atoms with E-state index < -0.39 is 33.2 Å². The molecule has 31 heavy (non-hydrogen) atoms. The Morgan fingerprint density at radius 3 is 2.52 bits per heavy atom. The molecule has 1 amide bonds. The van der Waals surface area contributed by atoms with Crippen LogP contribution in [-0.4, -0.2) is 36.7 Å². The fraction of sp³-hybridized carbons (Fsp3) is 0.333. The second-order valence-electron chi connectivity index (χ2n) is 7.14. The minimum atomic E-state index is -1.49. The lowest BCUT2D eigenvalue weighted by Gasteiger charge is -2.16. The minimum absolute atomic E-state index is 0.00678. The molecule has 1 fully saturated rings. The average molecular weight is 492 g/mol. The Morgan fingerprint density at radius 2 is 1.94 bits per heavy atom. The number of hydrogen-bond donors (Lipinski definition) is 2. The zero-order valence-electron chi connectivity index (χ0n) is 16.6. The number of rotatable bonds is 8. The molecule has 2 aromatic carbocycles. The standard InChI is InChI=1S/C21H19Cl3F2N2O3/c1-3-27-19(30)13-7-12(8-16(26)17(13)31-2)28-9-20(10-29)18(21(20,23)24)11-4-5-15(25)14(22)6-11/h4-8,10,18,28H,3,9H2,1-2H3,(H,27,30). The molecule has 10 heteroatoms. The van der Waals surface area contributed by atoms with Gasteiger partial charge in [0.15, 0.2) is 11.6 Å². The molecule has 0 saturated heterocycles. The zero-order chi connectivity index (χ0) is 23.0. The van der Waals surface area contributed by atoms with E-state index >= 15 is 0 Å². The van der Waals surface area contributed by atoms with Gasteiger partial charge in [0.1, 0.15) is 16.4 Å². The van der Waals surface area contributed by atoms with Gasteiger partial charge in [-0.1, -0.05) is 40.9 Å². The van der Waals surface area contributed by atoms with Crippen molar-refractivity contribution < 1.29 is 23.1 Å². The maximum absolute atomic E-state index is 14.5. The SMILES string of the molecule is CCNC(=O)c1cc(NCC2(C=O)C(c3ccc(F)c(Cl)c3)C2(Cl)Cl)cc(F)c1OC. The number of nitrogens with one attached hydrogen (secondary N) is 2. The van der Waals surface area contributed by atoms with Gasteiger partial charge in [0.05, 0.1) is 23.1 Å². The molecule has 166 valence electrons. The van der Waals surface area contributed by atoms with Crippen LogP contribution in [0, 0.1) is 17.0 Å². The first-order valence-electron chi connectivity index (χ1n) is 9.31. The highest BCUT2D eigenvalue weighted by Gasteiger charge is 2.76. The molecule has 0 aliphatic heterocycles. The van der Waals surface area contributed by atoms with Gasteiger partial charge >= 0.3 is 0 Å². The molecule has 2 unspecified atom stereocenters. The lowest BCUT2D eigenvalue weighted by molar-refractivity contribution is -0.112. The molecule has 1 aliphatic rings. The third kappa shape index (κ3) is 4.06. The number of hydrogen-bond acceptors (Lipinski definition) is 4. The van der Waals surface area contributed by atoms with Gasteiger partial charge in [0.2, 0.25) is 0 Å². The number of aldehydes is 1. The molecular formula is C21H19Cl3F2N2O3. The summed E-state index contributed by atoms with van der Waals surface area (Å²) in [5, 5.41) is 5.39. The van der Waals surface area contributed by atoms with Crippen LogP contribution in [0.25, 0.3) is 0 Å². The predicted octanol–water partition coefficient (Wildman–Crippen LogP) is 4.95. The average Bonchev–Trinajstić information content (AvgIpc) is 3.23. The van der Waals surface area contributed by atoms with Gasteiger partial charge in [0, 0.05) is 30.8 Å². The third-order valence-electron chi connectivity index (χ3n) is 5.32. The summed E-state index contributed by atoms with van der Waals surface area (Å²) in [5.74, 6) is -2.74. The van der Waals surface area contributed by atoms with Gasteiger partial charge in [-0.3, -0.25) is 4.79 Å². The quantitative estimate of drug-likeness (QED) is 0.405. The van der Waals surface area contributed by atoms with Gasteiger partial charge < -0.3 is 20.2 Å². The van der Waals surface area contributed by atoms with E-state index in [-0.39, 0.29) is 28.6 Å². The maximum Gasteiger partial charge on any atom is 0.255 e. The second-order valence-corrected chi connectivity index (χ2v) is 8.93. The van der Waals surface area contributed by atoms with Crippen molar-refractivity contribution in [3.8, 4) is 5.75 Å². The Hall–Kier alpha value is -2.09. The number of carbonyl (C=O) groups excluding carboxylic acids is 2. The summed E-state index contributed by atoms with van der Waals surface area (Å²) in [5.41, 5.74) is -0.561. The van der Waals surface area contributed by atoms with E-state index in [9.17, 15) is 18.4 Å². The Balaban J connectivity index is 1.89. The molecule has 2 N–H and O–H groups in total. The Labute approximate surface area is 193 Å². The van der Waals surface area contributed by atoms with Gasteiger partial charge in [-0.15, -0.1) is 0 Å². The summed E-state index contributed by atoms with van der Waals surface area (Å²) >= 11 is 18.7. The molecule has 0 radical (unpaired) electrons. The van der Waals surface area contributed by atoms with E-state index in [4.69, 9.17) is 39.5 Å². The number of halogens is 5. The third-order valence-corrected chi connectivity index (χ3v) is 6.75. The molecule has 0 aromatic heterocycles. The van der Waals surface area contributed by atoms with Crippen molar-refractivity contribution in [2.75, 3.05) is 25.5 Å². The van der Waals surface area contributed by atoms with E-state index in [1.54, 1.807) is 6.92 Å². The normalized spacial score (nSPS) is 21.3. The number of anilines is 1. The van der Waals surface area contributed by atoms with E-state index in [2.05, 4.69) is 10.6 Å².